The Labute approximate surface area is 145 Å². The maximum absolute atomic E-state index is 3.75. The first-order valence-electron chi connectivity index (χ1n) is 8.30. The maximum Gasteiger partial charge on any atom is 0.0130 e. The van der Waals surface area contributed by atoms with Gasteiger partial charge in [0.05, 0.1) is 0 Å². The number of hydrogen-bond acceptors (Lipinski definition) is 1. The second-order valence-corrected chi connectivity index (χ2v) is 8.61. The van der Waals surface area contributed by atoms with E-state index < -0.39 is 0 Å². The maximum atomic E-state index is 3.75. The Morgan fingerprint density at radius 2 is 1.67 bits per heavy atom. The molecule has 2 heteroatoms. The van der Waals surface area contributed by atoms with Crippen LogP contribution in [0.15, 0.2) is 24.3 Å². The van der Waals surface area contributed by atoms with Crippen LogP contribution in [0.4, 0.5) is 0 Å². The summed E-state index contributed by atoms with van der Waals surface area (Å²) in [6, 6.07) is 9.06. The number of halogens is 1. The van der Waals surface area contributed by atoms with E-state index in [2.05, 4.69) is 86.8 Å². The summed E-state index contributed by atoms with van der Waals surface area (Å²) in [7, 11) is 0. The average Bonchev–Trinajstić information content (AvgIpc) is 2.43. The fourth-order valence-electron chi connectivity index (χ4n) is 2.71. The molecule has 0 aliphatic rings. The van der Waals surface area contributed by atoms with Gasteiger partial charge in [0.15, 0.2) is 0 Å². The fourth-order valence-corrected chi connectivity index (χ4v) is 3.07. The highest BCUT2D eigenvalue weighted by molar-refractivity contribution is 14.1. The minimum Gasteiger partial charge on any atom is -0.312 e. The zero-order valence-electron chi connectivity index (χ0n) is 14.4. The molecule has 21 heavy (non-hydrogen) atoms. The highest BCUT2D eigenvalue weighted by Gasteiger charge is 2.29. The highest BCUT2D eigenvalue weighted by atomic mass is 127. The molecule has 1 unspecified atom stereocenters. The Hall–Kier alpha value is -0.0900. The standard InChI is InChI=1S/C19H32IN/c1-6-8-13-19(7-2,15-21-18(3,4)5)14-16-9-11-17(20)12-10-16/h9-12,21H,6-8,13-15H2,1-5H3. The number of unbranched alkanes of at least 4 members (excludes halogenated alkanes) is 1. The van der Waals surface area contributed by atoms with Crippen molar-refractivity contribution < 1.29 is 0 Å². The van der Waals surface area contributed by atoms with E-state index in [0.29, 0.717) is 5.41 Å². The molecule has 1 nitrogen and oxygen atoms in total. The molecule has 0 bridgehead atoms. The molecule has 0 aliphatic heterocycles. The lowest BCUT2D eigenvalue weighted by molar-refractivity contribution is 0.206. The molecule has 1 rings (SSSR count). The number of nitrogens with one attached hydrogen (secondary N) is 1. The number of hydrogen-bond donors (Lipinski definition) is 1. The van der Waals surface area contributed by atoms with Crippen molar-refractivity contribution in [1.29, 1.82) is 0 Å². The third-order valence-electron chi connectivity index (χ3n) is 4.30. The van der Waals surface area contributed by atoms with Crippen molar-refractivity contribution >= 4 is 22.6 Å². The van der Waals surface area contributed by atoms with Gasteiger partial charge in [-0.15, -0.1) is 0 Å². The van der Waals surface area contributed by atoms with Crippen molar-refractivity contribution in [2.45, 2.75) is 72.3 Å². The van der Waals surface area contributed by atoms with E-state index in [1.54, 1.807) is 0 Å². The SMILES string of the molecule is CCCCC(CC)(CNC(C)(C)C)Cc1ccc(I)cc1. The number of benzene rings is 1. The Kier molecular flexibility index (Phi) is 7.69. The molecule has 0 aromatic heterocycles. The van der Waals surface area contributed by atoms with E-state index in [0.717, 1.165) is 6.54 Å². The Balaban J connectivity index is 2.85. The van der Waals surface area contributed by atoms with Gasteiger partial charge in [-0.25, -0.2) is 0 Å². The molecule has 0 fully saturated rings. The van der Waals surface area contributed by atoms with Gasteiger partial charge in [-0.05, 0) is 85.7 Å². The van der Waals surface area contributed by atoms with Gasteiger partial charge in [-0.1, -0.05) is 38.8 Å². The Morgan fingerprint density at radius 3 is 2.14 bits per heavy atom. The van der Waals surface area contributed by atoms with Crippen molar-refractivity contribution in [2.24, 2.45) is 5.41 Å². The van der Waals surface area contributed by atoms with Crippen LogP contribution in [-0.4, -0.2) is 12.1 Å². The second kappa shape index (κ2) is 8.52. The molecule has 0 heterocycles. The van der Waals surface area contributed by atoms with Crippen LogP contribution in [0.2, 0.25) is 0 Å². The largest absolute Gasteiger partial charge is 0.312 e. The zero-order valence-corrected chi connectivity index (χ0v) is 16.6. The predicted molar refractivity (Wildman–Crippen MR) is 103 cm³/mol. The van der Waals surface area contributed by atoms with E-state index >= 15 is 0 Å². The lowest BCUT2D eigenvalue weighted by Crippen LogP contribution is -2.44. The Morgan fingerprint density at radius 1 is 1.05 bits per heavy atom. The van der Waals surface area contributed by atoms with Gasteiger partial charge < -0.3 is 5.32 Å². The summed E-state index contributed by atoms with van der Waals surface area (Å²) >= 11 is 2.38. The molecular formula is C19H32IN. The summed E-state index contributed by atoms with van der Waals surface area (Å²) in [5.41, 5.74) is 2.05. The first-order chi connectivity index (χ1) is 9.80. The van der Waals surface area contributed by atoms with E-state index in [4.69, 9.17) is 0 Å². The van der Waals surface area contributed by atoms with Gasteiger partial charge >= 0.3 is 0 Å². The molecular weight excluding hydrogens is 369 g/mol. The van der Waals surface area contributed by atoms with Crippen molar-refractivity contribution in [3.8, 4) is 0 Å². The van der Waals surface area contributed by atoms with Gasteiger partial charge in [-0.3, -0.25) is 0 Å². The third-order valence-corrected chi connectivity index (χ3v) is 5.02. The first-order valence-corrected chi connectivity index (χ1v) is 9.37. The minimum absolute atomic E-state index is 0.193. The molecule has 1 atom stereocenters. The second-order valence-electron chi connectivity index (χ2n) is 7.36. The van der Waals surface area contributed by atoms with Gasteiger partial charge in [0, 0.05) is 15.7 Å². The quantitative estimate of drug-likeness (QED) is 0.542. The summed E-state index contributed by atoms with van der Waals surface area (Å²) in [6.45, 7) is 12.5. The van der Waals surface area contributed by atoms with Crippen LogP contribution in [-0.2, 0) is 6.42 Å². The molecule has 0 amide bonds. The van der Waals surface area contributed by atoms with Gasteiger partial charge in [0.1, 0.15) is 0 Å². The summed E-state index contributed by atoms with van der Waals surface area (Å²) in [5.74, 6) is 0. The monoisotopic (exact) mass is 401 g/mol. The average molecular weight is 401 g/mol. The highest BCUT2D eigenvalue weighted by Crippen LogP contribution is 2.33. The predicted octanol–water partition coefficient (Wildman–Crippen LogP) is 5.81. The third kappa shape index (κ3) is 7.14. The fraction of sp³-hybridized carbons (Fsp3) is 0.684. The molecule has 1 N–H and O–H groups in total. The lowest BCUT2D eigenvalue weighted by atomic mass is 9.74. The Bertz CT molecular complexity index is 405. The molecule has 1 aromatic rings. The normalized spacial score (nSPS) is 15.0. The summed E-state index contributed by atoms with van der Waals surface area (Å²) < 4.78 is 1.32. The summed E-state index contributed by atoms with van der Waals surface area (Å²) in [5, 5.41) is 3.75. The molecule has 0 aliphatic carbocycles. The van der Waals surface area contributed by atoms with Crippen LogP contribution in [0.25, 0.3) is 0 Å². The topological polar surface area (TPSA) is 12.0 Å². The van der Waals surface area contributed by atoms with Gasteiger partial charge in [0.2, 0.25) is 0 Å². The van der Waals surface area contributed by atoms with Crippen molar-refractivity contribution in [2.75, 3.05) is 6.54 Å². The van der Waals surface area contributed by atoms with E-state index in [1.807, 2.05) is 0 Å². The van der Waals surface area contributed by atoms with Crippen molar-refractivity contribution in [3.63, 3.8) is 0 Å². The van der Waals surface area contributed by atoms with Crippen LogP contribution in [0.5, 0.6) is 0 Å². The molecule has 0 radical (unpaired) electrons. The molecule has 0 saturated heterocycles. The van der Waals surface area contributed by atoms with Crippen LogP contribution < -0.4 is 5.32 Å². The molecule has 0 saturated carbocycles. The van der Waals surface area contributed by atoms with Crippen LogP contribution in [0.3, 0.4) is 0 Å². The van der Waals surface area contributed by atoms with Gasteiger partial charge in [0.25, 0.3) is 0 Å². The van der Waals surface area contributed by atoms with Gasteiger partial charge in [-0.2, -0.15) is 0 Å². The van der Waals surface area contributed by atoms with E-state index in [-0.39, 0.29) is 5.54 Å². The molecule has 1 aromatic carbocycles. The smallest absolute Gasteiger partial charge is 0.0130 e. The van der Waals surface area contributed by atoms with Crippen molar-refractivity contribution in [1.82, 2.24) is 5.32 Å². The number of rotatable bonds is 8. The zero-order chi connectivity index (χ0) is 15.9. The molecule has 0 spiro atoms. The van der Waals surface area contributed by atoms with Crippen LogP contribution >= 0.6 is 22.6 Å². The van der Waals surface area contributed by atoms with E-state index in [1.165, 1.54) is 41.2 Å². The summed E-state index contributed by atoms with van der Waals surface area (Å²) in [4.78, 5) is 0. The molecule has 120 valence electrons. The van der Waals surface area contributed by atoms with Crippen LogP contribution in [0.1, 0.15) is 65.9 Å². The lowest BCUT2D eigenvalue weighted by Gasteiger charge is -2.36. The summed E-state index contributed by atoms with van der Waals surface area (Å²) in [6.07, 6.45) is 6.34. The van der Waals surface area contributed by atoms with E-state index in [9.17, 15) is 0 Å². The van der Waals surface area contributed by atoms with Crippen molar-refractivity contribution in [3.05, 3.63) is 33.4 Å². The first kappa shape index (κ1) is 19.0. The minimum atomic E-state index is 0.193. The van der Waals surface area contributed by atoms with Crippen LogP contribution in [0, 0.1) is 8.99 Å².